The average Bonchev–Trinajstić information content (AvgIpc) is 2.46. The zero-order valence-corrected chi connectivity index (χ0v) is 13.7. The summed E-state index contributed by atoms with van der Waals surface area (Å²) >= 11 is 0. The standard InChI is InChI=1S/C15H21N3O.2ClH/c16-14-7-2-1-6-13(14)15(19)18-10-9-17-8-4-3-5-12(17)11-18;;/h1-2,6-7,12H,3-5,8-11,16H2;2*1H. The van der Waals surface area contributed by atoms with Gasteiger partial charge in [0.25, 0.3) is 5.91 Å². The van der Waals surface area contributed by atoms with Crippen molar-refractivity contribution >= 4 is 36.4 Å². The number of hydrogen-bond donors (Lipinski definition) is 1. The lowest BCUT2D eigenvalue weighted by Gasteiger charge is -2.44. The lowest BCUT2D eigenvalue weighted by atomic mass is 9.99. The molecule has 4 nitrogen and oxygen atoms in total. The van der Waals surface area contributed by atoms with Crippen molar-refractivity contribution in [2.24, 2.45) is 0 Å². The van der Waals surface area contributed by atoms with Crippen LogP contribution in [0, 0.1) is 0 Å². The second kappa shape index (κ2) is 7.87. The Hall–Kier alpha value is -0.970. The average molecular weight is 332 g/mol. The zero-order valence-electron chi connectivity index (χ0n) is 12.0. The van der Waals surface area contributed by atoms with Crippen molar-refractivity contribution in [3.63, 3.8) is 0 Å². The van der Waals surface area contributed by atoms with Gasteiger partial charge in [-0.05, 0) is 31.5 Å². The maximum atomic E-state index is 12.5. The normalized spacial score (nSPS) is 21.7. The van der Waals surface area contributed by atoms with E-state index in [1.165, 1.54) is 25.8 Å². The van der Waals surface area contributed by atoms with Gasteiger partial charge in [-0.15, -0.1) is 24.8 Å². The molecular formula is C15H23Cl2N3O. The molecular weight excluding hydrogens is 309 g/mol. The Balaban J connectivity index is 0.00000110. The minimum Gasteiger partial charge on any atom is -0.398 e. The number of carbonyl (C=O) groups is 1. The number of fused-ring (bicyclic) bond motifs is 1. The van der Waals surface area contributed by atoms with E-state index in [9.17, 15) is 4.79 Å². The summed E-state index contributed by atoms with van der Waals surface area (Å²) in [7, 11) is 0. The maximum absolute atomic E-state index is 12.5. The van der Waals surface area contributed by atoms with Gasteiger partial charge in [0.05, 0.1) is 5.56 Å². The molecule has 1 atom stereocenters. The molecule has 0 spiro atoms. The predicted molar refractivity (Wildman–Crippen MR) is 90.5 cm³/mol. The Bertz CT molecular complexity index is 484. The molecule has 21 heavy (non-hydrogen) atoms. The van der Waals surface area contributed by atoms with Crippen LogP contribution in [0.2, 0.25) is 0 Å². The van der Waals surface area contributed by atoms with Crippen LogP contribution in [-0.4, -0.2) is 47.9 Å². The van der Waals surface area contributed by atoms with Gasteiger partial charge in [0.2, 0.25) is 0 Å². The van der Waals surface area contributed by atoms with Gasteiger partial charge in [0, 0.05) is 31.4 Å². The minimum atomic E-state index is 0. The zero-order chi connectivity index (χ0) is 13.2. The van der Waals surface area contributed by atoms with Crippen molar-refractivity contribution in [2.75, 3.05) is 31.9 Å². The first-order chi connectivity index (χ1) is 9.25. The van der Waals surface area contributed by atoms with E-state index in [1.807, 2.05) is 23.1 Å². The van der Waals surface area contributed by atoms with E-state index in [0.29, 0.717) is 17.3 Å². The molecule has 0 aliphatic carbocycles. The molecule has 2 aliphatic heterocycles. The van der Waals surface area contributed by atoms with Gasteiger partial charge in [-0.2, -0.15) is 0 Å². The van der Waals surface area contributed by atoms with Crippen LogP contribution < -0.4 is 5.73 Å². The van der Waals surface area contributed by atoms with E-state index in [2.05, 4.69) is 4.90 Å². The number of piperazine rings is 1. The maximum Gasteiger partial charge on any atom is 0.256 e. The molecule has 6 heteroatoms. The number of rotatable bonds is 1. The number of anilines is 1. The molecule has 0 bridgehead atoms. The second-order valence-electron chi connectivity index (χ2n) is 5.52. The second-order valence-corrected chi connectivity index (χ2v) is 5.52. The van der Waals surface area contributed by atoms with Crippen LogP contribution in [0.1, 0.15) is 29.6 Å². The van der Waals surface area contributed by atoms with Crippen molar-refractivity contribution < 1.29 is 4.79 Å². The SMILES string of the molecule is Cl.Cl.Nc1ccccc1C(=O)N1CCN2CCCCC2C1. The summed E-state index contributed by atoms with van der Waals surface area (Å²) in [6.45, 7) is 3.88. The molecule has 2 aliphatic rings. The Morgan fingerprint density at radius 2 is 1.86 bits per heavy atom. The largest absolute Gasteiger partial charge is 0.398 e. The van der Waals surface area contributed by atoms with Gasteiger partial charge < -0.3 is 10.6 Å². The summed E-state index contributed by atoms with van der Waals surface area (Å²) < 4.78 is 0. The quantitative estimate of drug-likeness (QED) is 0.804. The van der Waals surface area contributed by atoms with Crippen molar-refractivity contribution in [1.29, 1.82) is 0 Å². The highest BCUT2D eigenvalue weighted by molar-refractivity contribution is 5.99. The first-order valence-electron chi connectivity index (χ1n) is 7.13. The van der Waals surface area contributed by atoms with Crippen LogP contribution >= 0.6 is 24.8 Å². The van der Waals surface area contributed by atoms with E-state index in [-0.39, 0.29) is 30.7 Å². The lowest BCUT2D eigenvalue weighted by molar-refractivity contribution is 0.0373. The molecule has 0 radical (unpaired) electrons. The van der Waals surface area contributed by atoms with Crippen molar-refractivity contribution in [3.8, 4) is 0 Å². The number of nitrogens with zero attached hydrogens (tertiary/aromatic N) is 2. The van der Waals surface area contributed by atoms with E-state index in [4.69, 9.17) is 5.73 Å². The highest BCUT2D eigenvalue weighted by Crippen LogP contribution is 2.23. The summed E-state index contributed by atoms with van der Waals surface area (Å²) in [6.07, 6.45) is 3.81. The molecule has 1 unspecified atom stereocenters. The molecule has 0 aromatic heterocycles. The first kappa shape index (κ1) is 18.1. The van der Waals surface area contributed by atoms with Crippen molar-refractivity contribution in [1.82, 2.24) is 9.80 Å². The monoisotopic (exact) mass is 331 g/mol. The molecule has 3 rings (SSSR count). The van der Waals surface area contributed by atoms with E-state index in [0.717, 1.165) is 19.6 Å². The predicted octanol–water partition coefficient (Wildman–Crippen LogP) is 2.42. The fourth-order valence-corrected chi connectivity index (χ4v) is 3.20. The molecule has 1 amide bonds. The molecule has 2 fully saturated rings. The van der Waals surface area contributed by atoms with Crippen LogP contribution in [0.4, 0.5) is 5.69 Å². The molecule has 2 heterocycles. The Morgan fingerprint density at radius 3 is 2.62 bits per heavy atom. The van der Waals surface area contributed by atoms with Crippen LogP contribution in [0.25, 0.3) is 0 Å². The van der Waals surface area contributed by atoms with Gasteiger partial charge >= 0.3 is 0 Å². The van der Waals surface area contributed by atoms with Gasteiger partial charge in [-0.1, -0.05) is 18.6 Å². The van der Waals surface area contributed by atoms with Crippen molar-refractivity contribution in [2.45, 2.75) is 25.3 Å². The topological polar surface area (TPSA) is 49.6 Å². The molecule has 1 aromatic rings. The van der Waals surface area contributed by atoms with Gasteiger partial charge in [-0.25, -0.2) is 0 Å². The van der Waals surface area contributed by atoms with Gasteiger partial charge in [0.1, 0.15) is 0 Å². The minimum absolute atomic E-state index is 0. The van der Waals surface area contributed by atoms with Crippen LogP contribution in [0.5, 0.6) is 0 Å². The third-order valence-electron chi connectivity index (χ3n) is 4.32. The summed E-state index contributed by atoms with van der Waals surface area (Å²) in [5.41, 5.74) is 7.13. The fraction of sp³-hybridized carbons (Fsp3) is 0.533. The summed E-state index contributed by atoms with van der Waals surface area (Å²) in [4.78, 5) is 17.0. The number of benzene rings is 1. The summed E-state index contributed by atoms with van der Waals surface area (Å²) in [6, 6.07) is 7.91. The number of para-hydroxylation sites is 1. The smallest absolute Gasteiger partial charge is 0.256 e. The fourth-order valence-electron chi connectivity index (χ4n) is 3.20. The summed E-state index contributed by atoms with van der Waals surface area (Å²) in [5.74, 6) is 0.0864. The molecule has 118 valence electrons. The van der Waals surface area contributed by atoms with E-state index < -0.39 is 0 Å². The number of nitrogen functional groups attached to an aromatic ring is 1. The number of halogens is 2. The number of hydrogen-bond acceptors (Lipinski definition) is 3. The number of piperidine rings is 1. The lowest BCUT2D eigenvalue weighted by Crippen LogP contribution is -2.56. The Kier molecular flexibility index (Phi) is 6.78. The van der Waals surface area contributed by atoms with E-state index in [1.54, 1.807) is 6.07 Å². The number of carbonyl (C=O) groups excluding carboxylic acids is 1. The molecule has 1 aromatic carbocycles. The van der Waals surface area contributed by atoms with Crippen molar-refractivity contribution in [3.05, 3.63) is 29.8 Å². The third kappa shape index (κ3) is 3.82. The Morgan fingerprint density at radius 1 is 1.10 bits per heavy atom. The van der Waals surface area contributed by atoms with Gasteiger partial charge in [0.15, 0.2) is 0 Å². The van der Waals surface area contributed by atoms with Gasteiger partial charge in [-0.3, -0.25) is 9.69 Å². The van der Waals surface area contributed by atoms with Crippen LogP contribution in [0.3, 0.4) is 0 Å². The number of amides is 1. The van der Waals surface area contributed by atoms with Crippen LogP contribution in [0.15, 0.2) is 24.3 Å². The molecule has 2 N–H and O–H groups in total. The highest BCUT2D eigenvalue weighted by Gasteiger charge is 2.31. The Labute approximate surface area is 138 Å². The van der Waals surface area contributed by atoms with Crippen LogP contribution in [-0.2, 0) is 0 Å². The highest BCUT2D eigenvalue weighted by atomic mass is 35.5. The summed E-state index contributed by atoms with van der Waals surface area (Å²) in [5, 5.41) is 0. The first-order valence-corrected chi connectivity index (χ1v) is 7.13. The van der Waals surface area contributed by atoms with E-state index >= 15 is 0 Å². The molecule has 2 saturated heterocycles. The third-order valence-corrected chi connectivity index (χ3v) is 4.32. The number of nitrogens with two attached hydrogens (primary N) is 1. The molecule has 0 saturated carbocycles.